The van der Waals surface area contributed by atoms with Crippen LogP contribution in [0, 0.1) is 11.8 Å². The standard InChI is InChI=1S/C23H30N2O6/c1-4-30-21(29)17-16-20(28)25(14(2)13-26)18(23(16)11-10-22(17,3)31-23)19(27)24-12-15-8-6-5-7-9-15/h5-9,14,16-18,26H,4,10-13H2,1-3H3,(H,24,27)/t14-,16+,17-,18?,22+,23?/m1/s1. The molecule has 2 amide bonds. The van der Waals surface area contributed by atoms with Crippen molar-refractivity contribution < 1.29 is 29.0 Å². The monoisotopic (exact) mass is 430 g/mol. The third-order valence-electron chi connectivity index (χ3n) is 7.05. The lowest BCUT2D eigenvalue weighted by atomic mass is 9.66. The molecule has 0 saturated carbocycles. The van der Waals surface area contributed by atoms with Gasteiger partial charge in [-0.2, -0.15) is 0 Å². The first-order chi connectivity index (χ1) is 14.8. The van der Waals surface area contributed by atoms with Crippen molar-refractivity contribution in [2.45, 2.75) is 63.4 Å². The Kier molecular flexibility index (Phi) is 5.55. The minimum atomic E-state index is -1.10. The Morgan fingerprint density at radius 2 is 2.03 bits per heavy atom. The molecule has 0 radical (unpaired) electrons. The molecule has 31 heavy (non-hydrogen) atoms. The van der Waals surface area contributed by atoms with Gasteiger partial charge in [-0.1, -0.05) is 30.3 Å². The van der Waals surface area contributed by atoms with Gasteiger partial charge in [0.1, 0.15) is 17.6 Å². The number of ether oxygens (including phenoxy) is 2. The Labute approximate surface area is 181 Å². The molecule has 1 aromatic rings. The average Bonchev–Trinajstić information content (AvgIpc) is 3.33. The zero-order valence-electron chi connectivity index (χ0n) is 18.2. The maximum Gasteiger partial charge on any atom is 0.312 e. The number of esters is 1. The molecule has 3 aliphatic heterocycles. The number of benzene rings is 1. The number of nitrogens with zero attached hydrogens (tertiary/aromatic N) is 1. The van der Waals surface area contributed by atoms with Gasteiger partial charge in [0.15, 0.2) is 0 Å². The van der Waals surface area contributed by atoms with Crippen LogP contribution < -0.4 is 5.32 Å². The van der Waals surface area contributed by atoms with E-state index in [1.165, 1.54) is 4.90 Å². The number of aliphatic hydroxyl groups excluding tert-OH is 1. The van der Waals surface area contributed by atoms with E-state index in [0.717, 1.165) is 5.56 Å². The van der Waals surface area contributed by atoms with E-state index >= 15 is 0 Å². The third kappa shape index (κ3) is 3.24. The van der Waals surface area contributed by atoms with Gasteiger partial charge >= 0.3 is 5.97 Å². The Morgan fingerprint density at radius 1 is 1.32 bits per heavy atom. The lowest BCUT2D eigenvalue weighted by Crippen LogP contribution is -2.57. The van der Waals surface area contributed by atoms with Gasteiger partial charge in [-0.3, -0.25) is 14.4 Å². The minimum Gasteiger partial charge on any atom is -0.466 e. The molecule has 0 aromatic heterocycles. The molecule has 2 unspecified atom stereocenters. The van der Waals surface area contributed by atoms with Crippen molar-refractivity contribution in [2.75, 3.05) is 13.2 Å². The Bertz CT molecular complexity index is 876. The van der Waals surface area contributed by atoms with Crippen LogP contribution in [0.1, 0.15) is 39.2 Å². The van der Waals surface area contributed by atoms with E-state index in [0.29, 0.717) is 19.4 Å². The Morgan fingerprint density at radius 3 is 2.68 bits per heavy atom. The number of nitrogens with one attached hydrogen (secondary N) is 1. The first-order valence-corrected chi connectivity index (χ1v) is 10.9. The first-order valence-electron chi connectivity index (χ1n) is 10.9. The van der Waals surface area contributed by atoms with Crippen LogP contribution in [-0.4, -0.2) is 64.3 Å². The Balaban J connectivity index is 1.68. The smallest absolute Gasteiger partial charge is 0.312 e. The van der Waals surface area contributed by atoms with Crippen molar-refractivity contribution >= 4 is 17.8 Å². The molecule has 3 saturated heterocycles. The van der Waals surface area contributed by atoms with Crippen molar-refractivity contribution in [3.8, 4) is 0 Å². The van der Waals surface area contributed by atoms with Gasteiger partial charge in [0.25, 0.3) is 0 Å². The number of hydrogen-bond donors (Lipinski definition) is 2. The summed E-state index contributed by atoms with van der Waals surface area (Å²) in [6.07, 6.45) is 1.05. The summed E-state index contributed by atoms with van der Waals surface area (Å²) in [5, 5.41) is 12.7. The van der Waals surface area contributed by atoms with Crippen molar-refractivity contribution in [1.82, 2.24) is 10.2 Å². The maximum atomic E-state index is 13.6. The predicted molar refractivity (Wildman–Crippen MR) is 111 cm³/mol. The number of hydrogen-bond acceptors (Lipinski definition) is 6. The molecule has 0 aliphatic carbocycles. The van der Waals surface area contributed by atoms with Crippen LogP contribution in [0.4, 0.5) is 0 Å². The number of carbonyl (C=O) groups is 3. The second-order valence-corrected chi connectivity index (χ2v) is 8.96. The quantitative estimate of drug-likeness (QED) is 0.626. The third-order valence-corrected chi connectivity index (χ3v) is 7.05. The molecular formula is C23H30N2O6. The second-order valence-electron chi connectivity index (χ2n) is 8.96. The topological polar surface area (TPSA) is 105 Å². The van der Waals surface area contributed by atoms with Crippen LogP contribution in [0.15, 0.2) is 30.3 Å². The lowest BCUT2D eigenvalue weighted by Gasteiger charge is -2.35. The van der Waals surface area contributed by atoms with E-state index in [9.17, 15) is 19.5 Å². The van der Waals surface area contributed by atoms with Gasteiger partial charge < -0.3 is 24.8 Å². The van der Waals surface area contributed by atoms with Crippen LogP contribution in [0.5, 0.6) is 0 Å². The largest absolute Gasteiger partial charge is 0.466 e. The highest BCUT2D eigenvalue weighted by molar-refractivity contribution is 5.98. The van der Waals surface area contributed by atoms with Crippen LogP contribution >= 0.6 is 0 Å². The van der Waals surface area contributed by atoms with E-state index < -0.39 is 41.1 Å². The summed E-state index contributed by atoms with van der Waals surface area (Å²) in [6.45, 7) is 5.47. The zero-order valence-corrected chi connectivity index (χ0v) is 18.2. The molecule has 2 bridgehead atoms. The van der Waals surface area contributed by atoms with Gasteiger partial charge in [-0.05, 0) is 39.2 Å². The number of carbonyl (C=O) groups excluding carboxylic acids is 3. The molecule has 6 atom stereocenters. The van der Waals surface area contributed by atoms with Gasteiger partial charge in [0.2, 0.25) is 11.8 Å². The van der Waals surface area contributed by atoms with Crippen molar-refractivity contribution in [1.29, 1.82) is 0 Å². The summed E-state index contributed by atoms with van der Waals surface area (Å²) in [5.74, 6) is -2.70. The molecule has 8 nitrogen and oxygen atoms in total. The molecule has 1 aromatic carbocycles. The molecule has 3 aliphatic rings. The van der Waals surface area contributed by atoms with Crippen LogP contribution in [0.3, 0.4) is 0 Å². The lowest BCUT2D eigenvalue weighted by molar-refractivity contribution is -0.160. The molecule has 3 heterocycles. The fraction of sp³-hybridized carbons (Fsp3) is 0.609. The van der Waals surface area contributed by atoms with E-state index in [1.54, 1.807) is 13.8 Å². The molecule has 168 valence electrons. The summed E-state index contributed by atoms with van der Waals surface area (Å²) < 4.78 is 11.7. The van der Waals surface area contributed by atoms with Gasteiger partial charge in [0, 0.05) is 6.54 Å². The minimum absolute atomic E-state index is 0.205. The molecular weight excluding hydrogens is 400 g/mol. The number of likely N-dealkylation sites (tertiary alicyclic amines) is 1. The fourth-order valence-corrected chi connectivity index (χ4v) is 5.70. The van der Waals surface area contributed by atoms with Gasteiger partial charge in [-0.15, -0.1) is 0 Å². The van der Waals surface area contributed by atoms with Crippen LogP contribution in [0.25, 0.3) is 0 Å². The number of fused-ring (bicyclic) bond motifs is 1. The molecule has 4 rings (SSSR count). The highest BCUT2D eigenvalue weighted by Gasteiger charge is 2.78. The van der Waals surface area contributed by atoms with Crippen molar-refractivity contribution in [3.05, 3.63) is 35.9 Å². The molecule has 3 fully saturated rings. The number of rotatable bonds is 7. The fourth-order valence-electron chi connectivity index (χ4n) is 5.70. The van der Waals surface area contributed by atoms with Crippen LogP contribution in [0.2, 0.25) is 0 Å². The van der Waals surface area contributed by atoms with E-state index in [4.69, 9.17) is 9.47 Å². The van der Waals surface area contributed by atoms with E-state index in [2.05, 4.69) is 5.32 Å². The average molecular weight is 431 g/mol. The summed E-state index contributed by atoms with van der Waals surface area (Å²) in [5.41, 5.74) is -1.02. The maximum absolute atomic E-state index is 13.6. The summed E-state index contributed by atoms with van der Waals surface area (Å²) >= 11 is 0. The van der Waals surface area contributed by atoms with Gasteiger partial charge in [-0.25, -0.2) is 0 Å². The predicted octanol–water partition coefficient (Wildman–Crippen LogP) is 1.01. The highest BCUT2D eigenvalue weighted by atomic mass is 16.6. The second kappa shape index (κ2) is 7.91. The highest BCUT2D eigenvalue weighted by Crippen LogP contribution is 2.63. The number of aliphatic hydroxyl groups is 1. The summed E-state index contributed by atoms with van der Waals surface area (Å²) in [6, 6.07) is 7.99. The van der Waals surface area contributed by atoms with Crippen molar-refractivity contribution in [3.63, 3.8) is 0 Å². The van der Waals surface area contributed by atoms with Crippen LogP contribution in [-0.2, 0) is 30.4 Å². The molecule has 8 heteroatoms. The molecule has 1 spiro atoms. The normalized spacial score (nSPS) is 34.5. The summed E-state index contributed by atoms with van der Waals surface area (Å²) in [7, 11) is 0. The SMILES string of the molecule is CCOC(=O)[C@H]1[C@H]2C(=O)N([C@H](C)CO)C(C(=O)NCc3ccccc3)C23CC[C@]1(C)O3. The molecule has 2 N–H and O–H groups in total. The Hall–Kier alpha value is -2.45. The van der Waals surface area contributed by atoms with E-state index in [1.807, 2.05) is 37.3 Å². The van der Waals surface area contributed by atoms with Crippen molar-refractivity contribution in [2.24, 2.45) is 11.8 Å². The zero-order chi connectivity index (χ0) is 22.4. The summed E-state index contributed by atoms with van der Waals surface area (Å²) in [4.78, 5) is 41.3. The number of amides is 2. The van der Waals surface area contributed by atoms with Gasteiger partial charge in [0.05, 0.1) is 30.8 Å². The first kappa shape index (κ1) is 21.8. The van der Waals surface area contributed by atoms with E-state index in [-0.39, 0.29) is 25.0 Å².